The number of aldehydes is 1. The number of aliphatic hydroxyl groups is 1. The third kappa shape index (κ3) is 4.71. The van der Waals surface area contributed by atoms with E-state index in [0.29, 0.717) is 25.1 Å². The van der Waals surface area contributed by atoms with Crippen molar-refractivity contribution in [1.29, 1.82) is 0 Å². The van der Waals surface area contributed by atoms with Crippen LogP contribution in [-0.2, 0) is 24.1 Å². The molecule has 0 spiro atoms. The summed E-state index contributed by atoms with van der Waals surface area (Å²) in [6, 6.07) is 9.77. The van der Waals surface area contributed by atoms with Crippen molar-refractivity contribution in [2.24, 2.45) is 0 Å². The molecule has 144 valence electrons. The highest BCUT2D eigenvalue weighted by atomic mass is 32.1. The number of allylic oxidation sites excluding steroid dienone is 1. The van der Waals surface area contributed by atoms with Crippen molar-refractivity contribution in [3.05, 3.63) is 70.8 Å². The van der Waals surface area contributed by atoms with E-state index in [9.17, 15) is 4.79 Å². The Hall–Kier alpha value is -2.83. The Labute approximate surface area is 168 Å². The molecule has 0 atom stereocenters. The SMILES string of the molecule is C=CCc1c(C)nc(-c2cc(CCO)cs2)nc1Nc1ccc(CC=O)cc1. The van der Waals surface area contributed by atoms with E-state index in [0.717, 1.165) is 45.1 Å². The van der Waals surface area contributed by atoms with Gasteiger partial charge in [0.1, 0.15) is 12.1 Å². The lowest BCUT2D eigenvalue weighted by Gasteiger charge is -2.14. The number of carbonyl (C=O) groups is 1. The third-order valence-corrected chi connectivity index (χ3v) is 5.35. The van der Waals surface area contributed by atoms with Gasteiger partial charge >= 0.3 is 0 Å². The molecule has 5 nitrogen and oxygen atoms in total. The molecule has 3 aromatic rings. The first-order chi connectivity index (χ1) is 13.6. The highest BCUT2D eigenvalue weighted by Crippen LogP contribution is 2.29. The summed E-state index contributed by atoms with van der Waals surface area (Å²) in [4.78, 5) is 21.1. The van der Waals surface area contributed by atoms with E-state index in [1.807, 2.05) is 48.7 Å². The number of nitrogens with zero attached hydrogens (tertiary/aromatic N) is 2. The van der Waals surface area contributed by atoms with Crippen molar-refractivity contribution in [1.82, 2.24) is 9.97 Å². The van der Waals surface area contributed by atoms with Crippen LogP contribution in [0.5, 0.6) is 0 Å². The number of rotatable bonds is 9. The summed E-state index contributed by atoms with van der Waals surface area (Å²) in [5.74, 6) is 1.42. The van der Waals surface area contributed by atoms with E-state index in [1.54, 1.807) is 11.3 Å². The molecule has 1 aromatic carbocycles. The quantitative estimate of drug-likeness (QED) is 0.420. The lowest BCUT2D eigenvalue weighted by molar-refractivity contribution is -0.107. The van der Waals surface area contributed by atoms with Gasteiger partial charge in [-0.15, -0.1) is 17.9 Å². The first-order valence-corrected chi connectivity index (χ1v) is 9.99. The molecular formula is C22H23N3O2S. The molecule has 0 saturated carbocycles. The van der Waals surface area contributed by atoms with Gasteiger partial charge in [-0.05, 0) is 54.5 Å². The number of anilines is 2. The molecule has 0 saturated heterocycles. The molecule has 0 aliphatic heterocycles. The number of hydrogen-bond donors (Lipinski definition) is 2. The largest absolute Gasteiger partial charge is 0.396 e. The van der Waals surface area contributed by atoms with Gasteiger partial charge in [-0.1, -0.05) is 18.2 Å². The molecule has 2 N–H and O–H groups in total. The first-order valence-electron chi connectivity index (χ1n) is 9.11. The van der Waals surface area contributed by atoms with Gasteiger partial charge in [-0.3, -0.25) is 0 Å². The zero-order valence-corrected chi connectivity index (χ0v) is 16.6. The maximum absolute atomic E-state index is 10.7. The van der Waals surface area contributed by atoms with Crippen molar-refractivity contribution >= 4 is 29.1 Å². The maximum atomic E-state index is 10.7. The van der Waals surface area contributed by atoms with Gasteiger partial charge in [-0.2, -0.15) is 0 Å². The van der Waals surface area contributed by atoms with Crippen LogP contribution in [0.15, 0.2) is 48.4 Å². The van der Waals surface area contributed by atoms with Crippen molar-refractivity contribution in [2.45, 2.75) is 26.2 Å². The average Bonchev–Trinajstić information content (AvgIpc) is 3.15. The third-order valence-electron chi connectivity index (χ3n) is 4.37. The van der Waals surface area contributed by atoms with Gasteiger partial charge in [-0.25, -0.2) is 9.97 Å². The van der Waals surface area contributed by atoms with Crippen LogP contribution in [0.4, 0.5) is 11.5 Å². The number of carbonyl (C=O) groups excluding carboxylic acids is 1. The number of benzene rings is 1. The molecule has 0 unspecified atom stereocenters. The molecule has 0 aliphatic rings. The van der Waals surface area contributed by atoms with E-state index in [2.05, 4.69) is 16.9 Å². The van der Waals surface area contributed by atoms with Crippen molar-refractivity contribution < 1.29 is 9.90 Å². The van der Waals surface area contributed by atoms with Crippen LogP contribution in [0, 0.1) is 6.92 Å². The zero-order valence-electron chi connectivity index (χ0n) is 15.8. The van der Waals surface area contributed by atoms with Crippen molar-refractivity contribution in [2.75, 3.05) is 11.9 Å². The van der Waals surface area contributed by atoms with Crippen molar-refractivity contribution in [3.63, 3.8) is 0 Å². The second kappa shape index (κ2) is 9.39. The Morgan fingerprint density at radius 2 is 1.96 bits per heavy atom. The summed E-state index contributed by atoms with van der Waals surface area (Å²) in [6.45, 7) is 5.95. The number of thiophene rings is 1. The molecule has 3 rings (SSSR count). The molecule has 6 heteroatoms. The minimum atomic E-state index is 0.126. The van der Waals surface area contributed by atoms with Crippen LogP contribution in [-0.4, -0.2) is 28.0 Å². The molecular weight excluding hydrogens is 370 g/mol. The van der Waals surface area contributed by atoms with E-state index >= 15 is 0 Å². The van der Waals surface area contributed by atoms with Crippen LogP contribution < -0.4 is 5.32 Å². The first kappa shape index (κ1) is 19.9. The molecule has 28 heavy (non-hydrogen) atoms. The summed E-state index contributed by atoms with van der Waals surface area (Å²) in [6.07, 6.45) is 4.44. The van der Waals surface area contributed by atoms with Gasteiger partial charge in [0.15, 0.2) is 5.82 Å². The number of aromatic nitrogens is 2. The molecule has 0 radical (unpaired) electrons. The molecule has 0 aliphatic carbocycles. The van der Waals surface area contributed by atoms with Crippen LogP contribution >= 0.6 is 11.3 Å². The summed E-state index contributed by atoms with van der Waals surface area (Å²) in [5.41, 5.74) is 4.86. The summed E-state index contributed by atoms with van der Waals surface area (Å²) < 4.78 is 0. The number of aryl methyl sites for hydroxylation is 1. The second-order valence-electron chi connectivity index (χ2n) is 6.44. The maximum Gasteiger partial charge on any atom is 0.171 e. The fourth-order valence-electron chi connectivity index (χ4n) is 2.91. The normalized spacial score (nSPS) is 10.6. The van der Waals surface area contributed by atoms with E-state index < -0.39 is 0 Å². The Morgan fingerprint density at radius 3 is 2.64 bits per heavy atom. The lowest BCUT2D eigenvalue weighted by Crippen LogP contribution is -2.05. The van der Waals surface area contributed by atoms with Crippen LogP contribution in [0.1, 0.15) is 22.4 Å². The summed E-state index contributed by atoms with van der Waals surface area (Å²) >= 11 is 1.58. The Kier molecular flexibility index (Phi) is 6.68. The molecule has 0 amide bonds. The van der Waals surface area contributed by atoms with E-state index in [1.165, 1.54) is 0 Å². The van der Waals surface area contributed by atoms with Gasteiger partial charge in [0.05, 0.1) is 4.88 Å². The lowest BCUT2D eigenvalue weighted by atomic mass is 10.1. The van der Waals surface area contributed by atoms with Crippen LogP contribution in [0.2, 0.25) is 0 Å². The van der Waals surface area contributed by atoms with Crippen LogP contribution in [0.25, 0.3) is 10.7 Å². The summed E-state index contributed by atoms with van der Waals surface area (Å²) in [7, 11) is 0. The van der Waals surface area contributed by atoms with E-state index in [4.69, 9.17) is 10.1 Å². The Morgan fingerprint density at radius 1 is 1.18 bits per heavy atom. The fourth-order valence-corrected chi connectivity index (χ4v) is 3.79. The average molecular weight is 394 g/mol. The number of nitrogens with one attached hydrogen (secondary N) is 1. The minimum absolute atomic E-state index is 0.126. The smallest absolute Gasteiger partial charge is 0.171 e. The minimum Gasteiger partial charge on any atom is -0.396 e. The Balaban J connectivity index is 1.95. The Bertz CT molecular complexity index is 964. The highest BCUT2D eigenvalue weighted by Gasteiger charge is 2.14. The second-order valence-corrected chi connectivity index (χ2v) is 7.35. The zero-order chi connectivity index (χ0) is 19.9. The summed E-state index contributed by atoms with van der Waals surface area (Å²) in [5, 5.41) is 14.6. The monoisotopic (exact) mass is 393 g/mol. The van der Waals surface area contributed by atoms with E-state index in [-0.39, 0.29) is 6.61 Å². The predicted octanol–water partition coefficient (Wildman–Crippen LogP) is 4.26. The van der Waals surface area contributed by atoms with Crippen LogP contribution in [0.3, 0.4) is 0 Å². The molecule has 2 heterocycles. The molecule has 2 aromatic heterocycles. The predicted molar refractivity (Wildman–Crippen MR) is 114 cm³/mol. The standard InChI is InChI=1S/C22H23N3O2S/c1-3-4-19-15(2)23-22(20-13-17(10-12-27)14-28-20)25-21(19)24-18-7-5-16(6-8-18)9-11-26/h3,5-8,11,13-14,27H,1,4,9-10,12H2,2H3,(H,23,24,25). The van der Waals surface area contributed by atoms with Gasteiger partial charge in [0.2, 0.25) is 0 Å². The van der Waals surface area contributed by atoms with Crippen molar-refractivity contribution in [3.8, 4) is 10.7 Å². The number of hydrogen-bond acceptors (Lipinski definition) is 6. The molecule has 0 bridgehead atoms. The fraction of sp³-hybridized carbons (Fsp3) is 0.227. The highest BCUT2D eigenvalue weighted by molar-refractivity contribution is 7.13. The number of aliphatic hydroxyl groups excluding tert-OH is 1. The van der Waals surface area contributed by atoms with Gasteiger partial charge in [0, 0.05) is 30.0 Å². The topological polar surface area (TPSA) is 75.1 Å². The van der Waals surface area contributed by atoms with Gasteiger partial charge in [0.25, 0.3) is 0 Å². The van der Waals surface area contributed by atoms with Gasteiger partial charge < -0.3 is 15.2 Å². The molecule has 0 fully saturated rings.